The van der Waals surface area contributed by atoms with Gasteiger partial charge >= 0.3 is 0 Å². The minimum atomic E-state index is 0.0382. The summed E-state index contributed by atoms with van der Waals surface area (Å²) in [6.45, 7) is 2.12. The Morgan fingerprint density at radius 3 is 3.45 bits per heavy atom. The fourth-order valence-electron chi connectivity index (χ4n) is 1.61. The third kappa shape index (κ3) is 1.07. The molecule has 2 rings (SSSR count). The SMILES string of the molecule is C[C@@]12CSC[C@@H]1C=CC(=O)N2. The number of rotatable bonds is 0. The summed E-state index contributed by atoms with van der Waals surface area (Å²) in [6, 6.07) is 0. The Balaban J connectivity index is 2.28. The van der Waals surface area contributed by atoms with Crippen molar-refractivity contribution >= 4 is 17.7 Å². The zero-order valence-corrected chi connectivity index (χ0v) is 7.28. The number of amides is 1. The molecule has 60 valence electrons. The van der Waals surface area contributed by atoms with Gasteiger partial charge in [-0.15, -0.1) is 0 Å². The molecule has 11 heavy (non-hydrogen) atoms. The molecule has 0 spiro atoms. The van der Waals surface area contributed by atoms with Gasteiger partial charge in [-0.05, 0) is 13.0 Å². The second kappa shape index (κ2) is 2.27. The van der Waals surface area contributed by atoms with Crippen LogP contribution < -0.4 is 5.32 Å². The summed E-state index contributed by atoms with van der Waals surface area (Å²) in [7, 11) is 0. The smallest absolute Gasteiger partial charge is 0.244 e. The molecule has 1 fully saturated rings. The van der Waals surface area contributed by atoms with E-state index in [-0.39, 0.29) is 11.4 Å². The van der Waals surface area contributed by atoms with Gasteiger partial charge in [-0.3, -0.25) is 4.79 Å². The van der Waals surface area contributed by atoms with Crippen molar-refractivity contribution < 1.29 is 4.79 Å². The van der Waals surface area contributed by atoms with Crippen molar-refractivity contribution in [2.24, 2.45) is 5.92 Å². The van der Waals surface area contributed by atoms with Crippen LogP contribution in [-0.4, -0.2) is 23.0 Å². The second-order valence-electron chi connectivity index (χ2n) is 3.39. The van der Waals surface area contributed by atoms with Gasteiger partial charge in [0.2, 0.25) is 5.91 Å². The standard InChI is InChI=1S/C8H11NOS/c1-8-5-11-4-6(8)2-3-7(10)9-8/h2-3,6H,4-5H2,1H3,(H,9,10)/t6-,8+/m0/s1. The Morgan fingerprint density at radius 1 is 1.82 bits per heavy atom. The van der Waals surface area contributed by atoms with Crippen LogP contribution in [0.4, 0.5) is 0 Å². The molecule has 0 saturated carbocycles. The molecule has 2 heterocycles. The topological polar surface area (TPSA) is 29.1 Å². The first-order valence-corrected chi connectivity index (χ1v) is 4.94. The predicted octanol–water partition coefficient (Wildman–Crippen LogP) is 0.794. The van der Waals surface area contributed by atoms with Gasteiger partial charge in [0.25, 0.3) is 0 Å². The maximum Gasteiger partial charge on any atom is 0.244 e. The van der Waals surface area contributed by atoms with Gasteiger partial charge in [-0.1, -0.05) is 6.08 Å². The second-order valence-corrected chi connectivity index (χ2v) is 4.42. The molecule has 1 N–H and O–H groups in total. The van der Waals surface area contributed by atoms with Crippen LogP contribution in [-0.2, 0) is 4.79 Å². The monoisotopic (exact) mass is 169 g/mol. The molecule has 0 aromatic carbocycles. The Kier molecular flexibility index (Phi) is 1.49. The van der Waals surface area contributed by atoms with Crippen LogP contribution >= 0.6 is 11.8 Å². The van der Waals surface area contributed by atoms with Gasteiger partial charge in [0.1, 0.15) is 0 Å². The van der Waals surface area contributed by atoms with Crippen LogP contribution in [0.25, 0.3) is 0 Å². The molecule has 2 atom stereocenters. The lowest BCUT2D eigenvalue weighted by atomic mass is 9.86. The highest BCUT2D eigenvalue weighted by Crippen LogP contribution is 2.35. The van der Waals surface area contributed by atoms with Gasteiger partial charge in [-0.25, -0.2) is 0 Å². The average molecular weight is 169 g/mol. The summed E-state index contributed by atoms with van der Waals surface area (Å²) >= 11 is 1.91. The number of carbonyl (C=O) groups is 1. The fraction of sp³-hybridized carbons (Fsp3) is 0.625. The summed E-state index contributed by atoms with van der Waals surface area (Å²) in [5.74, 6) is 2.80. The number of thioether (sulfide) groups is 1. The first-order chi connectivity index (χ1) is 5.21. The lowest BCUT2D eigenvalue weighted by Crippen LogP contribution is -2.52. The molecule has 0 aliphatic carbocycles. The summed E-state index contributed by atoms with van der Waals surface area (Å²) in [5, 5.41) is 3.01. The predicted molar refractivity (Wildman–Crippen MR) is 46.5 cm³/mol. The molecule has 0 aromatic rings. The van der Waals surface area contributed by atoms with E-state index in [1.807, 2.05) is 17.8 Å². The first kappa shape index (κ1) is 7.22. The van der Waals surface area contributed by atoms with Gasteiger partial charge in [0, 0.05) is 17.4 Å². The van der Waals surface area contributed by atoms with Crippen LogP contribution in [0, 0.1) is 5.92 Å². The van der Waals surface area contributed by atoms with Crippen molar-refractivity contribution in [2.45, 2.75) is 12.5 Å². The molecule has 2 nitrogen and oxygen atoms in total. The quantitative estimate of drug-likeness (QED) is 0.581. The van der Waals surface area contributed by atoms with E-state index in [2.05, 4.69) is 12.2 Å². The highest BCUT2D eigenvalue weighted by atomic mass is 32.2. The van der Waals surface area contributed by atoms with Crippen LogP contribution in [0.15, 0.2) is 12.2 Å². The van der Waals surface area contributed by atoms with Crippen molar-refractivity contribution in [3.05, 3.63) is 12.2 Å². The van der Waals surface area contributed by atoms with Gasteiger partial charge in [-0.2, -0.15) is 11.8 Å². The Morgan fingerprint density at radius 2 is 2.64 bits per heavy atom. The molecule has 0 radical (unpaired) electrons. The van der Waals surface area contributed by atoms with E-state index in [4.69, 9.17) is 0 Å². The molecule has 1 saturated heterocycles. The largest absolute Gasteiger partial charge is 0.346 e. The van der Waals surface area contributed by atoms with E-state index in [0.717, 1.165) is 11.5 Å². The number of nitrogens with one attached hydrogen (secondary N) is 1. The zero-order chi connectivity index (χ0) is 7.90. The van der Waals surface area contributed by atoms with E-state index >= 15 is 0 Å². The molecule has 2 aliphatic heterocycles. The van der Waals surface area contributed by atoms with Crippen LogP contribution in [0.5, 0.6) is 0 Å². The Hall–Kier alpha value is -0.440. The molecule has 0 aromatic heterocycles. The summed E-state index contributed by atoms with van der Waals surface area (Å²) < 4.78 is 0. The third-order valence-corrected chi connectivity index (χ3v) is 3.80. The van der Waals surface area contributed by atoms with E-state index in [1.165, 1.54) is 0 Å². The third-order valence-electron chi connectivity index (χ3n) is 2.41. The summed E-state index contributed by atoms with van der Waals surface area (Å²) in [6.07, 6.45) is 3.69. The molecule has 3 heteroatoms. The Bertz CT molecular complexity index is 226. The first-order valence-electron chi connectivity index (χ1n) is 3.79. The number of fused-ring (bicyclic) bond motifs is 1. The number of hydrogen-bond donors (Lipinski definition) is 1. The van der Waals surface area contributed by atoms with Crippen LogP contribution in [0.1, 0.15) is 6.92 Å². The summed E-state index contributed by atoms with van der Waals surface area (Å²) in [4.78, 5) is 11.0. The molecule has 2 aliphatic rings. The van der Waals surface area contributed by atoms with Gasteiger partial charge < -0.3 is 5.32 Å². The fourth-order valence-corrected chi connectivity index (χ4v) is 3.17. The number of carbonyl (C=O) groups excluding carboxylic acids is 1. The highest BCUT2D eigenvalue weighted by Gasteiger charge is 2.40. The normalized spacial score (nSPS) is 41.9. The number of hydrogen-bond acceptors (Lipinski definition) is 2. The van der Waals surface area contributed by atoms with Crippen molar-refractivity contribution in [3.8, 4) is 0 Å². The lowest BCUT2D eigenvalue weighted by molar-refractivity contribution is -0.118. The average Bonchev–Trinajstić information content (AvgIpc) is 2.28. The van der Waals surface area contributed by atoms with E-state index < -0.39 is 0 Å². The minimum Gasteiger partial charge on any atom is -0.346 e. The van der Waals surface area contributed by atoms with Crippen molar-refractivity contribution in [3.63, 3.8) is 0 Å². The molecule has 1 amide bonds. The van der Waals surface area contributed by atoms with Gasteiger partial charge in [0.15, 0.2) is 0 Å². The van der Waals surface area contributed by atoms with Crippen LogP contribution in [0.2, 0.25) is 0 Å². The highest BCUT2D eigenvalue weighted by molar-refractivity contribution is 7.99. The van der Waals surface area contributed by atoms with Gasteiger partial charge in [0.05, 0.1) is 5.54 Å². The maximum atomic E-state index is 11.0. The Labute approximate surface area is 70.4 Å². The zero-order valence-electron chi connectivity index (χ0n) is 6.46. The van der Waals surface area contributed by atoms with E-state index in [1.54, 1.807) is 6.08 Å². The molecular weight excluding hydrogens is 158 g/mol. The van der Waals surface area contributed by atoms with E-state index in [9.17, 15) is 4.79 Å². The summed E-state index contributed by atoms with van der Waals surface area (Å²) in [5.41, 5.74) is 0.0382. The van der Waals surface area contributed by atoms with Crippen molar-refractivity contribution in [1.29, 1.82) is 0 Å². The lowest BCUT2D eigenvalue weighted by Gasteiger charge is -2.32. The van der Waals surface area contributed by atoms with E-state index in [0.29, 0.717) is 5.92 Å². The van der Waals surface area contributed by atoms with Crippen LogP contribution in [0.3, 0.4) is 0 Å². The molecular formula is C8H11NOS. The van der Waals surface area contributed by atoms with Crippen molar-refractivity contribution in [1.82, 2.24) is 5.32 Å². The molecule has 0 unspecified atom stereocenters. The minimum absolute atomic E-state index is 0.0382. The molecule has 0 bridgehead atoms. The van der Waals surface area contributed by atoms with Crippen molar-refractivity contribution in [2.75, 3.05) is 11.5 Å². The maximum absolute atomic E-state index is 11.0.